The number of rotatable bonds is 9. The SMILES string of the molecule is c1ccc(N(c2ccccc2)c2cc3c4c(c2)N(c2ccccc2)c2c(sc5ccccc25)B4c2sc4c(c2O3)N(c2ccccc2)c2cc(N(c3ccccc3)c3ccccc3)cc3c2B4c2sc4ccccc4c2N3c2ccccc2)cc1. The molecule has 0 radical (unpaired) electrons. The quantitative estimate of drug-likeness (QED) is 0.134. The molecule has 0 fully saturated rings. The van der Waals surface area contributed by atoms with Gasteiger partial charge < -0.3 is 29.2 Å². The van der Waals surface area contributed by atoms with E-state index in [4.69, 9.17) is 4.74 Å². The lowest BCUT2D eigenvalue weighted by Gasteiger charge is -2.43. The molecule has 6 nitrogen and oxygen atoms in total. The van der Waals surface area contributed by atoms with Crippen LogP contribution in [0.15, 0.2) is 285 Å². The van der Waals surface area contributed by atoms with Crippen molar-refractivity contribution < 1.29 is 4.74 Å². The van der Waals surface area contributed by atoms with Gasteiger partial charge in [0, 0.05) is 102 Å². The van der Waals surface area contributed by atoms with Crippen molar-refractivity contribution in [3.05, 3.63) is 285 Å². The molecule has 0 aliphatic carbocycles. The number of nitrogens with zero attached hydrogens (tertiary/aromatic N) is 5. The molecule has 4 aliphatic heterocycles. The van der Waals surface area contributed by atoms with Gasteiger partial charge in [0.2, 0.25) is 0 Å². The maximum absolute atomic E-state index is 8.06. The zero-order chi connectivity index (χ0) is 55.7. The van der Waals surface area contributed by atoms with Gasteiger partial charge >= 0.3 is 0 Å². The number of thiophene rings is 3. The van der Waals surface area contributed by atoms with E-state index in [1.807, 2.05) is 34.0 Å². The van der Waals surface area contributed by atoms with E-state index in [9.17, 15) is 0 Å². The maximum atomic E-state index is 8.06. The van der Waals surface area contributed by atoms with Crippen LogP contribution in [0, 0.1) is 0 Å². The Hall–Kier alpha value is -10.0. The summed E-state index contributed by atoms with van der Waals surface area (Å²) in [5.74, 6) is 1.75. The summed E-state index contributed by atoms with van der Waals surface area (Å²) in [6.45, 7) is -0.292. The largest absolute Gasteiger partial charge is 0.455 e. The molecule has 0 saturated heterocycles. The minimum atomic E-state index is -0.152. The molecule has 11 aromatic carbocycles. The van der Waals surface area contributed by atoms with Gasteiger partial charge in [-0.25, -0.2) is 0 Å². The van der Waals surface area contributed by atoms with Crippen molar-refractivity contribution in [1.82, 2.24) is 0 Å². The van der Waals surface area contributed by atoms with Gasteiger partial charge in [0.15, 0.2) is 5.75 Å². The first-order valence-corrected chi connectivity index (χ1v) is 31.3. The van der Waals surface area contributed by atoms with Crippen molar-refractivity contribution in [2.75, 3.05) is 24.5 Å². The molecule has 398 valence electrons. The van der Waals surface area contributed by atoms with E-state index >= 15 is 0 Å². The van der Waals surface area contributed by atoms with Gasteiger partial charge in [0.25, 0.3) is 13.4 Å². The molecule has 0 spiro atoms. The highest BCUT2D eigenvalue weighted by molar-refractivity contribution is 7.45. The van der Waals surface area contributed by atoms with E-state index in [2.05, 4.69) is 310 Å². The number of hydrogen-bond acceptors (Lipinski definition) is 9. The van der Waals surface area contributed by atoms with Crippen LogP contribution in [0.3, 0.4) is 0 Å². The van der Waals surface area contributed by atoms with Crippen molar-refractivity contribution in [2.24, 2.45) is 0 Å². The first-order valence-electron chi connectivity index (χ1n) is 28.8. The van der Waals surface area contributed by atoms with Crippen molar-refractivity contribution in [2.45, 2.75) is 0 Å². The Bertz CT molecular complexity index is 4830. The highest BCUT2D eigenvalue weighted by atomic mass is 32.1. The minimum absolute atomic E-state index is 0.140. The molecular weight excluding hydrogens is 1090 g/mol. The molecule has 0 bridgehead atoms. The van der Waals surface area contributed by atoms with E-state index in [-0.39, 0.29) is 13.4 Å². The monoisotopic (exact) mass is 1140 g/mol. The van der Waals surface area contributed by atoms with E-state index in [0.29, 0.717) is 0 Å². The third-order valence-corrected chi connectivity index (χ3v) is 20.9. The van der Waals surface area contributed by atoms with Crippen molar-refractivity contribution >= 4 is 183 Å². The van der Waals surface area contributed by atoms with Gasteiger partial charge in [-0.2, -0.15) is 11.3 Å². The van der Waals surface area contributed by atoms with Crippen LogP contribution in [0.1, 0.15) is 0 Å². The molecule has 0 unspecified atom stereocenters. The van der Waals surface area contributed by atoms with Gasteiger partial charge in [0.05, 0.1) is 28.4 Å². The van der Waals surface area contributed by atoms with Crippen LogP contribution in [0.4, 0.5) is 85.3 Å². The molecule has 0 N–H and O–H groups in total. The van der Waals surface area contributed by atoms with Crippen LogP contribution >= 0.6 is 34.0 Å². The van der Waals surface area contributed by atoms with Crippen molar-refractivity contribution in [3.63, 3.8) is 0 Å². The van der Waals surface area contributed by atoms with Crippen LogP contribution in [0.2, 0.25) is 0 Å². The molecule has 0 atom stereocenters. The molecule has 18 rings (SSSR count). The van der Waals surface area contributed by atoms with Crippen LogP contribution in [0.5, 0.6) is 11.5 Å². The fourth-order valence-corrected chi connectivity index (χ4v) is 18.0. The number of fused-ring (bicyclic) bond motifs is 13. The standard InChI is InChI=1S/C74H47B2N5OS3/c1-8-26-48(27-9-1)77(49-28-10-2-11-29-49)55-44-59-65-60(45-55)81(54-38-20-7-21-39-54)69-70-74(85-73(69)75(65)71-67(57-40-22-24-42-63(57)83-71)79(59)52-34-16-5-17-35-52)76-66-61(80(53-36-18-6-19-37-53)68-58-41-23-25-43-64(58)84-72(68)76)46-56(47-62(66)82-70)78(50-30-12-3-13-31-50)51-32-14-4-15-33-51/h1-47H. The number of hydrogen-bond donors (Lipinski definition) is 0. The molecule has 11 heteroatoms. The predicted octanol–water partition coefficient (Wildman–Crippen LogP) is 17.6. The summed E-state index contributed by atoms with van der Waals surface area (Å²) < 4.78 is 15.7. The molecule has 0 saturated carbocycles. The van der Waals surface area contributed by atoms with E-state index in [1.54, 1.807) is 0 Å². The van der Waals surface area contributed by atoms with Gasteiger partial charge in [-0.3, -0.25) is 0 Å². The zero-order valence-electron chi connectivity index (χ0n) is 45.7. The Kier molecular flexibility index (Phi) is 11.0. The average Bonchev–Trinajstić information content (AvgIpc) is 1.64. The molecule has 85 heavy (non-hydrogen) atoms. The van der Waals surface area contributed by atoms with Crippen LogP contribution in [-0.2, 0) is 0 Å². The van der Waals surface area contributed by atoms with E-state index in [0.717, 1.165) is 85.4 Å². The molecular formula is C74H47B2N5OS3. The summed E-state index contributed by atoms with van der Waals surface area (Å²) in [5, 5.41) is 2.48. The summed E-state index contributed by atoms with van der Waals surface area (Å²) >= 11 is 5.80. The highest BCUT2D eigenvalue weighted by Gasteiger charge is 2.53. The third-order valence-electron chi connectivity index (χ3n) is 17.2. The highest BCUT2D eigenvalue weighted by Crippen LogP contribution is 2.56. The third kappa shape index (κ3) is 7.37. The second kappa shape index (κ2) is 19.3. The Morgan fingerprint density at radius 1 is 0.294 bits per heavy atom. The maximum Gasteiger partial charge on any atom is 0.281 e. The minimum Gasteiger partial charge on any atom is -0.455 e. The lowest BCUT2D eigenvalue weighted by Crippen LogP contribution is -2.59. The average molecular weight is 1140 g/mol. The summed E-state index contributed by atoms with van der Waals surface area (Å²) in [7, 11) is 0. The van der Waals surface area contributed by atoms with Crippen molar-refractivity contribution in [1.29, 1.82) is 0 Å². The van der Waals surface area contributed by atoms with Gasteiger partial charge in [0.1, 0.15) is 5.75 Å². The molecule has 3 aromatic heterocycles. The molecule has 0 amide bonds. The molecule has 4 aliphatic rings. The smallest absolute Gasteiger partial charge is 0.281 e. The Balaban J connectivity index is 0.967. The van der Waals surface area contributed by atoms with Gasteiger partial charge in [-0.15, -0.1) is 22.7 Å². The Morgan fingerprint density at radius 2 is 0.624 bits per heavy atom. The lowest BCUT2D eigenvalue weighted by atomic mass is 9.38. The summed E-state index contributed by atoms with van der Waals surface area (Å²) in [6, 6.07) is 104. The lowest BCUT2D eigenvalue weighted by molar-refractivity contribution is 0.491. The number of para-hydroxylation sites is 7. The Labute approximate surface area is 505 Å². The summed E-state index contributed by atoms with van der Waals surface area (Å²) in [6.07, 6.45) is 0. The number of ether oxygens (including phenoxy) is 1. The van der Waals surface area contributed by atoms with Crippen LogP contribution < -0.4 is 59.3 Å². The van der Waals surface area contributed by atoms with E-state index in [1.165, 1.54) is 61.6 Å². The second-order valence-electron chi connectivity index (χ2n) is 21.9. The molecule has 7 heterocycles. The van der Waals surface area contributed by atoms with E-state index < -0.39 is 0 Å². The van der Waals surface area contributed by atoms with Gasteiger partial charge in [-0.1, -0.05) is 164 Å². The van der Waals surface area contributed by atoms with Crippen LogP contribution in [0.25, 0.3) is 20.2 Å². The summed E-state index contributed by atoms with van der Waals surface area (Å²) in [4.78, 5) is 12.4. The fraction of sp³-hybridized carbons (Fsp3) is 0. The zero-order valence-corrected chi connectivity index (χ0v) is 48.1. The first kappa shape index (κ1) is 48.5. The van der Waals surface area contributed by atoms with Gasteiger partial charge in [-0.05, 0) is 126 Å². The predicted molar refractivity (Wildman–Crippen MR) is 364 cm³/mol. The summed E-state index contributed by atoms with van der Waals surface area (Å²) in [5.41, 5.74) is 18.9. The number of anilines is 15. The number of benzene rings is 11. The second-order valence-corrected chi connectivity index (χ2v) is 25.2. The fourth-order valence-electron chi connectivity index (χ4n) is 13.8. The normalized spacial score (nSPS) is 13.2. The molecule has 14 aromatic rings. The topological polar surface area (TPSA) is 25.4 Å². The Morgan fingerprint density at radius 3 is 1.05 bits per heavy atom. The van der Waals surface area contributed by atoms with Crippen molar-refractivity contribution in [3.8, 4) is 11.5 Å². The van der Waals surface area contributed by atoms with Crippen LogP contribution in [-0.4, -0.2) is 13.4 Å². The first-order chi connectivity index (χ1) is 42.2.